The normalized spacial score (nSPS) is 33.2. The first-order chi connectivity index (χ1) is 9.69. The van der Waals surface area contributed by atoms with Crippen molar-refractivity contribution in [3.8, 4) is 5.75 Å². The van der Waals surface area contributed by atoms with Crippen LogP contribution in [0.4, 0.5) is 4.39 Å². The van der Waals surface area contributed by atoms with Gasteiger partial charge >= 0.3 is 0 Å². The van der Waals surface area contributed by atoms with Crippen LogP contribution in [0.15, 0.2) is 18.2 Å². The molecule has 4 rings (SSSR count). The van der Waals surface area contributed by atoms with E-state index in [4.69, 9.17) is 4.74 Å². The molecule has 3 nitrogen and oxygen atoms in total. The van der Waals surface area contributed by atoms with Gasteiger partial charge in [0, 0.05) is 43.6 Å². The lowest BCUT2D eigenvalue weighted by molar-refractivity contribution is 0.0386. The van der Waals surface area contributed by atoms with Gasteiger partial charge in [-0.2, -0.15) is 0 Å². The second-order valence-corrected chi connectivity index (χ2v) is 6.46. The molecule has 2 aliphatic heterocycles. The number of benzene rings is 1. The first-order valence-electron chi connectivity index (χ1n) is 7.59. The van der Waals surface area contributed by atoms with Crippen molar-refractivity contribution in [2.45, 2.75) is 43.4 Å². The fourth-order valence-electron chi connectivity index (χ4n) is 3.78. The highest BCUT2D eigenvalue weighted by molar-refractivity contribution is 5.40. The summed E-state index contributed by atoms with van der Waals surface area (Å²) < 4.78 is 19.8. The quantitative estimate of drug-likeness (QED) is 0.898. The molecule has 2 atom stereocenters. The van der Waals surface area contributed by atoms with Gasteiger partial charge < -0.3 is 10.1 Å². The van der Waals surface area contributed by atoms with Crippen LogP contribution in [0.1, 0.15) is 37.3 Å². The first kappa shape index (κ1) is 12.6. The van der Waals surface area contributed by atoms with Crippen LogP contribution >= 0.6 is 0 Å². The minimum atomic E-state index is -0.186. The SMILES string of the molecule is CNC1CC2(CCN(C3CC3)C2)Oc2ccc(F)cc21. The minimum absolute atomic E-state index is 0.0822. The Morgan fingerprint density at radius 1 is 1.40 bits per heavy atom. The lowest BCUT2D eigenvalue weighted by Gasteiger charge is -2.40. The molecular weight excluding hydrogens is 255 g/mol. The average molecular weight is 276 g/mol. The van der Waals surface area contributed by atoms with Crippen molar-refractivity contribution in [3.05, 3.63) is 29.6 Å². The van der Waals surface area contributed by atoms with Crippen LogP contribution in [0.5, 0.6) is 5.75 Å². The average Bonchev–Trinajstić information content (AvgIpc) is 3.22. The van der Waals surface area contributed by atoms with Crippen LogP contribution in [-0.2, 0) is 0 Å². The maximum absolute atomic E-state index is 13.5. The van der Waals surface area contributed by atoms with Gasteiger partial charge in [-0.15, -0.1) is 0 Å². The van der Waals surface area contributed by atoms with Gasteiger partial charge in [-0.05, 0) is 38.1 Å². The fraction of sp³-hybridized carbons (Fsp3) is 0.625. The highest BCUT2D eigenvalue weighted by Gasteiger charge is 2.48. The molecule has 20 heavy (non-hydrogen) atoms. The summed E-state index contributed by atoms with van der Waals surface area (Å²) in [7, 11) is 1.95. The molecule has 0 bridgehead atoms. The Hall–Kier alpha value is -1.13. The van der Waals surface area contributed by atoms with E-state index in [1.165, 1.54) is 18.9 Å². The van der Waals surface area contributed by atoms with E-state index in [-0.39, 0.29) is 17.5 Å². The van der Waals surface area contributed by atoms with Gasteiger partial charge in [0.2, 0.25) is 0 Å². The van der Waals surface area contributed by atoms with Gasteiger partial charge in [0.05, 0.1) is 0 Å². The Morgan fingerprint density at radius 2 is 2.25 bits per heavy atom. The molecule has 1 saturated carbocycles. The number of likely N-dealkylation sites (tertiary alicyclic amines) is 1. The van der Waals surface area contributed by atoms with Crippen LogP contribution in [0.2, 0.25) is 0 Å². The minimum Gasteiger partial charge on any atom is -0.485 e. The van der Waals surface area contributed by atoms with Crippen molar-refractivity contribution in [1.82, 2.24) is 10.2 Å². The summed E-state index contributed by atoms with van der Waals surface area (Å²) >= 11 is 0. The summed E-state index contributed by atoms with van der Waals surface area (Å²) in [5.74, 6) is 0.671. The summed E-state index contributed by atoms with van der Waals surface area (Å²) in [5, 5.41) is 3.33. The summed E-state index contributed by atoms with van der Waals surface area (Å²) in [4.78, 5) is 2.57. The van der Waals surface area contributed by atoms with Crippen molar-refractivity contribution in [3.63, 3.8) is 0 Å². The van der Waals surface area contributed by atoms with E-state index in [0.29, 0.717) is 0 Å². The third-order valence-electron chi connectivity index (χ3n) is 5.01. The number of fused-ring (bicyclic) bond motifs is 1. The topological polar surface area (TPSA) is 24.5 Å². The highest BCUT2D eigenvalue weighted by Crippen LogP contribution is 2.45. The van der Waals surface area contributed by atoms with E-state index in [0.717, 1.165) is 43.3 Å². The van der Waals surface area contributed by atoms with Gasteiger partial charge in [-0.1, -0.05) is 0 Å². The molecule has 3 aliphatic rings. The van der Waals surface area contributed by atoms with E-state index < -0.39 is 0 Å². The molecule has 1 aromatic rings. The number of nitrogens with one attached hydrogen (secondary N) is 1. The third kappa shape index (κ3) is 2.02. The number of hydrogen-bond acceptors (Lipinski definition) is 3. The molecule has 0 radical (unpaired) electrons. The molecule has 1 aliphatic carbocycles. The molecule has 0 aromatic heterocycles. The van der Waals surface area contributed by atoms with Gasteiger partial charge in [-0.25, -0.2) is 4.39 Å². The Bertz CT molecular complexity index is 531. The van der Waals surface area contributed by atoms with Crippen molar-refractivity contribution < 1.29 is 9.13 Å². The van der Waals surface area contributed by atoms with Crippen molar-refractivity contribution >= 4 is 0 Å². The summed E-state index contributed by atoms with van der Waals surface area (Å²) in [6.07, 6.45) is 4.70. The molecule has 1 spiro atoms. The van der Waals surface area contributed by atoms with Gasteiger partial charge in [0.1, 0.15) is 17.2 Å². The molecule has 2 unspecified atom stereocenters. The number of nitrogens with zero attached hydrogens (tertiary/aromatic N) is 1. The predicted octanol–water partition coefficient (Wildman–Crippen LogP) is 2.48. The van der Waals surface area contributed by atoms with Crippen molar-refractivity contribution in [1.29, 1.82) is 0 Å². The fourth-order valence-corrected chi connectivity index (χ4v) is 3.78. The summed E-state index contributed by atoms with van der Waals surface area (Å²) in [6, 6.07) is 5.87. The van der Waals surface area contributed by atoms with E-state index >= 15 is 0 Å². The Morgan fingerprint density at radius 3 is 3.00 bits per heavy atom. The van der Waals surface area contributed by atoms with Crippen LogP contribution in [0.3, 0.4) is 0 Å². The zero-order valence-electron chi connectivity index (χ0n) is 11.9. The zero-order chi connectivity index (χ0) is 13.7. The number of ether oxygens (including phenoxy) is 1. The maximum Gasteiger partial charge on any atom is 0.125 e. The second kappa shape index (κ2) is 4.43. The smallest absolute Gasteiger partial charge is 0.125 e. The summed E-state index contributed by atoms with van der Waals surface area (Å²) in [5.41, 5.74) is 0.879. The first-order valence-corrected chi connectivity index (χ1v) is 7.59. The van der Waals surface area contributed by atoms with Crippen molar-refractivity contribution in [2.24, 2.45) is 0 Å². The number of halogens is 1. The van der Waals surface area contributed by atoms with Crippen LogP contribution < -0.4 is 10.1 Å². The highest BCUT2D eigenvalue weighted by atomic mass is 19.1. The van der Waals surface area contributed by atoms with E-state index in [1.807, 2.05) is 7.05 Å². The van der Waals surface area contributed by atoms with Crippen molar-refractivity contribution in [2.75, 3.05) is 20.1 Å². The zero-order valence-corrected chi connectivity index (χ0v) is 11.9. The third-order valence-corrected chi connectivity index (χ3v) is 5.01. The Labute approximate surface area is 119 Å². The molecular formula is C16H21FN2O. The van der Waals surface area contributed by atoms with E-state index in [2.05, 4.69) is 10.2 Å². The summed E-state index contributed by atoms with van der Waals surface area (Å²) in [6.45, 7) is 2.16. The molecule has 1 aromatic carbocycles. The molecule has 1 saturated heterocycles. The number of rotatable bonds is 2. The molecule has 1 N–H and O–H groups in total. The standard InChI is InChI=1S/C16H21FN2O/c1-18-14-9-16(6-7-19(10-16)12-3-4-12)20-15-5-2-11(17)8-13(14)15/h2,5,8,12,14,18H,3-4,6-7,9-10H2,1H3. The predicted molar refractivity (Wildman–Crippen MR) is 75.4 cm³/mol. The van der Waals surface area contributed by atoms with Gasteiger partial charge in [0.15, 0.2) is 0 Å². The lowest BCUT2D eigenvalue weighted by Crippen LogP contribution is -2.46. The maximum atomic E-state index is 13.5. The monoisotopic (exact) mass is 276 g/mol. The largest absolute Gasteiger partial charge is 0.485 e. The molecule has 108 valence electrons. The van der Waals surface area contributed by atoms with Crippen LogP contribution in [-0.4, -0.2) is 36.7 Å². The molecule has 2 heterocycles. The van der Waals surface area contributed by atoms with Crippen LogP contribution in [0.25, 0.3) is 0 Å². The Balaban J connectivity index is 1.63. The van der Waals surface area contributed by atoms with E-state index in [9.17, 15) is 4.39 Å². The molecule has 2 fully saturated rings. The van der Waals surface area contributed by atoms with E-state index in [1.54, 1.807) is 12.1 Å². The van der Waals surface area contributed by atoms with Gasteiger partial charge in [-0.3, -0.25) is 4.90 Å². The van der Waals surface area contributed by atoms with Gasteiger partial charge in [0.25, 0.3) is 0 Å². The number of hydrogen-bond donors (Lipinski definition) is 1. The van der Waals surface area contributed by atoms with Crippen LogP contribution in [0, 0.1) is 5.82 Å². The lowest BCUT2D eigenvalue weighted by atomic mass is 9.86. The Kier molecular flexibility index (Phi) is 2.79. The second-order valence-electron chi connectivity index (χ2n) is 6.46. The molecule has 4 heteroatoms. The molecule has 0 amide bonds.